The van der Waals surface area contributed by atoms with E-state index >= 15 is 0 Å². The highest BCUT2D eigenvalue weighted by molar-refractivity contribution is 5.90. The van der Waals surface area contributed by atoms with Crippen LogP contribution in [0.2, 0.25) is 0 Å². The number of rotatable bonds is 4. The van der Waals surface area contributed by atoms with Gasteiger partial charge in [-0.2, -0.15) is 0 Å². The zero-order valence-corrected chi connectivity index (χ0v) is 9.54. The number of hydrogen-bond donors (Lipinski definition) is 2. The van der Waals surface area contributed by atoms with Gasteiger partial charge in [0.25, 0.3) is 5.91 Å². The van der Waals surface area contributed by atoms with Crippen molar-refractivity contribution in [1.82, 2.24) is 20.5 Å². The van der Waals surface area contributed by atoms with Crippen molar-refractivity contribution in [2.75, 3.05) is 19.8 Å². The summed E-state index contributed by atoms with van der Waals surface area (Å²) in [5, 5.41) is 9.38. The van der Waals surface area contributed by atoms with Gasteiger partial charge in [-0.3, -0.25) is 9.89 Å². The molecular formula is C10H16N4O2. The van der Waals surface area contributed by atoms with Crippen molar-refractivity contribution in [2.45, 2.75) is 20.3 Å². The summed E-state index contributed by atoms with van der Waals surface area (Å²) >= 11 is 0. The summed E-state index contributed by atoms with van der Waals surface area (Å²) in [7, 11) is 0. The number of nitrogens with zero attached hydrogens (tertiary/aromatic N) is 2. The summed E-state index contributed by atoms with van der Waals surface area (Å²) in [4.78, 5) is 15.7. The number of aromatic nitrogens is 3. The lowest BCUT2D eigenvalue weighted by Crippen LogP contribution is -2.48. The van der Waals surface area contributed by atoms with E-state index in [-0.39, 0.29) is 17.1 Å². The first-order chi connectivity index (χ1) is 7.63. The molecule has 2 rings (SSSR count). The largest absolute Gasteiger partial charge is 0.380 e. The van der Waals surface area contributed by atoms with Crippen molar-refractivity contribution in [1.29, 1.82) is 0 Å². The zero-order valence-electron chi connectivity index (χ0n) is 9.54. The van der Waals surface area contributed by atoms with Crippen molar-refractivity contribution in [3.63, 3.8) is 0 Å². The number of hydrogen-bond acceptors (Lipinski definition) is 4. The third-order valence-electron chi connectivity index (χ3n) is 2.65. The quantitative estimate of drug-likeness (QED) is 0.762. The average molecular weight is 224 g/mol. The van der Waals surface area contributed by atoms with Crippen LogP contribution in [0.3, 0.4) is 0 Å². The van der Waals surface area contributed by atoms with E-state index in [0.29, 0.717) is 19.8 Å². The van der Waals surface area contributed by atoms with Gasteiger partial charge in [0, 0.05) is 18.4 Å². The molecule has 0 radical (unpaired) electrons. The highest BCUT2D eigenvalue weighted by atomic mass is 16.5. The summed E-state index contributed by atoms with van der Waals surface area (Å²) in [6.07, 6.45) is 0.742. The molecule has 6 heteroatoms. The Kier molecular flexibility index (Phi) is 2.91. The Balaban J connectivity index is 1.87. The molecule has 6 nitrogen and oxygen atoms in total. The van der Waals surface area contributed by atoms with Crippen LogP contribution < -0.4 is 5.32 Å². The predicted octanol–water partition coefficient (Wildman–Crippen LogP) is 0.133. The number of carbonyl (C=O) groups is 1. The van der Waals surface area contributed by atoms with Crippen LogP contribution in [0.5, 0.6) is 0 Å². The highest BCUT2D eigenvalue weighted by Gasteiger charge is 2.33. The lowest BCUT2D eigenvalue weighted by atomic mass is 9.89. The summed E-state index contributed by atoms with van der Waals surface area (Å²) in [5.74, 6) is 0.702. The first-order valence-corrected chi connectivity index (χ1v) is 5.40. The molecule has 16 heavy (non-hydrogen) atoms. The molecule has 0 aromatic carbocycles. The molecule has 0 aliphatic carbocycles. The minimum Gasteiger partial charge on any atom is -0.380 e. The van der Waals surface area contributed by atoms with Gasteiger partial charge in [0.15, 0.2) is 0 Å². The predicted molar refractivity (Wildman–Crippen MR) is 57.0 cm³/mol. The molecule has 0 unspecified atom stereocenters. The Hall–Kier alpha value is -1.43. The SMILES string of the molecule is CCc1nc(C(=O)NCC2(C)COC2)n[nH]1. The monoisotopic (exact) mass is 224 g/mol. The van der Waals surface area contributed by atoms with Gasteiger partial charge in [-0.15, -0.1) is 5.10 Å². The van der Waals surface area contributed by atoms with Crippen LogP contribution in [0, 0.1) is 5.41 Å². The third-order valence-corrected chi connectivity index (χ3v) is 2.65. The first-order valence-electron chi connectivity index (χ1n) is 5.40. The van der Waals surface area contributed by atoms with Crippen molar-refractivity contribution in [2.24, 2.45) is 5.41 Å². The summed E-state index contributed by atoms with van der Waals surface area (Å²) < 4.78 is 5.11. The molecule has 1 aliphatic heterocycles. The maximum atomic E-state index is 11.7. The lowest BCUT2D eigenvalue weighted by Gasteiger charge is -2.37. The second-order valence-corrected chi connectivity index (χ2v) is 4.45. The van der Waals surface area contributed by atoms with Crippen molar-refractivity contribution in [3.8, 4) is 0 Å². The molecule has 0 spiro atoms. The number of ether oxygens (including phenoxy) is 1. The zero-order chi connectivity index (χ0) is 11.6. The minimum atomic E-state index is -0.232. The van der Waals surface area contributed by atoms with Gasteiger partial charge in [-0.05, 0) is 0 Å². The van der Waals surface area contributed by atoms with Gasteiger partial charge in [-0.1, -0.05) is 13.8 Å². The smallest absolute Gasteiger partial charge is 0.290 e. The topological polar surface area (TPSA) is 79.9 Å². The Labute approximate surface area is 93.8 Å². The van der Waals surface area contributed by atoms with Crippen molar-refractivity contribution in [3.05, 3.63) is 11.6 Å². The van der Waals surface area contributed by atoms with E-state index < -0.39 is 0 Å². The van der Waals surface area contributed by atoms with Crippen LogP contribution in [0.4, 0.5) is 0 Å². The van der Waals surface area contributed by atoms with Gasteiger partial charge in [0.05, 0.1) is 13.2 Å². The molecule has 0 saturated carbocycles. The maximum Gasteiger partial charge on any atom is 0.290 e. The number of H-pyrrole nitrogens is 1. The fourth-order valence-electron chi connectivity index (χ4n) is 1.48. The van der Waals surface area contributed by atoms with E-state index in [2.05, 4.69) is 27.4 Å². The van der Waals surface area contributed by atoms with E-state index in [4.69, 9.17) is 4.74 Å². The number of aryl methyl sites for hydroxylation is 1. The normalized spacial score (nSPS) is 17.9. The molecule has 1 saturated heterocycles. The van der Waals surface area contributed by atoms with Crippen molar-refractivity contribution >= 4 is 5.91 Å². The van der Waals surface area contributed by atoms with E-state index in [1.807, 2.05) is 6.92 Å². The van der Waals surface area contributed by atoms with Gasteiger partial charge >= 0.3 is 0 Å². The molecule has 1 aromatic heterocycles. The molecule has 1 aromatic rings. The fraction of sp³-hybridized carbons (Fsp3) is 0.700. The third kappa shape index (κ3) is 2.21. The molecule has 88 valence electrons. The van der Waals surface area contributed by atoms with E-state index in [0.717, 1.165) is 12.2 Å². The number of aromatic amines is 1. The van der Waals surface area contributed by atoms with E-state index in [9.17, 15) is 4.79 Å². The summed E-state index contributed by atoms with van der Waals surface area (Å²) in [6, 6.07) is 0. The molecule has 1 fully saturated rings. The average Bonchev–Trinajstić information content (AvgIpc) is 2.71. The molecule has 2 heterocycles. The Morgan fingerprint density at radius 1 is 1.62 bits per heavy atom. The number of carbonyl (C=O) groups excluding carboxylic acids is 1. The lowest BCUT2D eigenvalue weighted by molar-refractivity contribution is -0.0978. The van der Waals surface area contributed by atoms with E-state index in [1.165, 1.54) is 0 Å². The Morgan fingerprint density at radius 2 is 2.38 bits per heavy atom. The molecule has 1 aliphatic rings. The minimum absolute atomic E-state index is 0.0690. The standard InChI is InChI=1S/C10H16N4O2/c1-3-7-12-8(14-13-7)9(15)11-4-10(2)5-16-6-10/h3-6H2,1-2H3,(H,11,15)(H,12,13,14). The van der Waals surface area contributed by atoms with Gasteiger partial charge in [0.1, 0.15) is 5.82 Å². The number of nitrogens with one attached hydrogen (secondary N) is 2. The molecule has 2 N–H and O–H groups in total. The van der Waals surface area contributed by atoms with Crippen LogP contribution in [0.1, 0.15) is 30.3 Å². The summed E-state index contributed by atoms with van der Waals surface area (Å²) in [6.45, 7) is 6.02. The summed E-state index contributed by atoms with van der Waals surface area (Å²) in [5.41, 5.74) is 0.0690. The Bertz CT molecular complexity index is 384. The Morgan fingerprint density at radius 3 is 2.88 bits per heavy atom. The fourth-order valence-corrected chi connectivity index (χ4v) is 1.48. The molecular weight excluding hydrogens is 208 g/mol. The highest BCUT2D eigenvalue weighted by Crippen LogP contribution is 2.25. The van der Waals surface area contributed by atoms with Crippen LogP contribution in [-0.2, 0) is 11.2 Å². The maximum absolute atomic E-state index is 11.7. The van der Waals surface area contributed by atoms with Gasteiger partial charge < -0.3 is 10.1 Å². The van der Waals surface area contributed by atoms with Crippen LogP contribution in [0.15, 0.2) is 0 Å². The molecule has 0 bridgehead atoms. The van der Waals surface area contributed by atoms with Crippen LogP contribution in [-0.4, -0.2) is 40.8 Å². The van der Waals surface area contributed by atoms with Crippen LogP contribution in [0.25, 0.3) is 0 Å². The van der Waals surface area contributed by atoms with Gasteiger partial charge in [0.2, 0.25) is 5.82 Å². The molecule has 1 amide bonds. The van der Waals surface area contributed by atoms with Crippen molar-refractivity contribution < 1.29 is 9.53 Å². The first kappa shape index (κ1) is 11.1. The second kappa shape index (κ2) is 4.21. The van der Waals surface area contributed by atoms with Crippen LogP contribution >= 0.6 is 0 Å². The number of amides is 1. The second-order valence-electron chi connectivity index (χ2n) is 4.45. The molecule has 0 atom stereocenters. The van der Waals surface area contributed by atoms with E-state index in [1.54, 1.807) is 0 Å². The van der Waals surface area contributed by atoms with Gasteiger partial charge in [-0.25, -0.2) is 4.98 Å².